The number of rotatable bonds is 3. The van der Waals surface area contributed by atoms with Crippen molar-refractivity contribution < 1.29 is 9.21 Å². The van der Waals surface area contributed by atoms with Crippen LogP contribution in [-0.2, 0) is 0 Å². The van der Waals surface area contributed by atoms with Crippen molar-refractivity contribution in [3.8, 4) is 11.5 Å². The second-order valence-electron chi connectivity index (χ2n) is 5.84. The van der Waals surface area contributed by atoms with E-state index in [1.165, 1.54) is 0 Å². The number of hydrogen-bond acceptors (Lipinski definition) is 5. The van der Waals surface area contributed by atoms with Crippen LogP contribution in [0.3, 0.4) is 0 Å². The molecule has 2 N–H and O–H groups in total. The Hall–Kier alpha value is -3.10. The van der Waals surface area contributed by atoms with Crippen LogP contribution in [0.1, 0.15) is 10.4 Å². The highest BCUT2D eigenvalue weighted by Crippen LogP contribution is 2.24. The molecule has 0 aliphatic heterocycles. The number of fused-ring (bicyclic) bond motifs is 1. The summed E-state index contributed by atoms with van der Waals surface area (Å²) < 4.78 is 6.53. The van der Waals surface area contributed by atoms with Gasteiger partial charge in [-0.05, 0) is 66.8 Å². The Bertz CT molecular complexity index is 1140. The van der Waals surface area contributed by atoms with Crippen molar-refractivity contribution in [3.63, 3.8) is 0 Å². The van der Waals surface area contributed by atoms with E-state index in [2.05, 4.69) is 36.5 Å². The topological polar surface area (TPSA) is 80.0 Å². The molecule has 0 bridgehead atoms. The van der Waals surface area contributed by atoms with E-state index >= 15 is 0 Å². The number of amides is 1. The van der Waals surface area contributed by atoms with Gasteiger partial charge in [0.25, 0.3) is 5.91 Å². The Morgan fingerprint density at radius 2 is 1.89 bits per heavy atom. The van der Waals surface area contributed by atoms with Gasteiger partial charge in [-0.2, -0.15) is 4.98 Å². The smallest absolute Gasteiger partial charge is 0.257 e. The van der Waals surface area contributed by atoms with Crippen LogP contribution in [-0.4, -0.2) is 21.0 Å². The van der Waals surface area contributed by atoms with Gasteiger partial charge in [0.2, 0.25) is 5.89 Å². The first-order valence-electron chi connectivity index (χ1n) is 8.28. The van der Waals surface area contributed by atoms with Gasteiger partial charge in [0.15, 0.2) is 16.3 Å². The zero-order valence-electron chi connectivity index (χ0n) is 14.3. The molecule has 0 spiro atoms. The minimum absolute atomic E-state index is 0.212. The molecule has 0 aliphatic rings. The van der Waals surface area contributed by atoms with Gasteiger partial charge in [-0.1, -0.05) is 22.0 Å². The fourth-order valence-corrected chi connectivity index (χ4v) is 3.17. The van der Waals surface area contributed by atoms with Crippen LogP contribution in [0.15, 0.2) is 75.8 Å². The lowest BCUT2D eigenvalue weighted by Crippen LogP contribution is -2.34. The van der Waals surface area contributed by atoms with E-state index in [1.807, 2.05) is 36.4 Å². The van der Waals surface area contributed by atoms with Crippen LogP contribution in [0.2, 0.25) is 0 Å². The number of aromatic nitrogens is 2. The molecule has 4 aromatic rings. The largest absolute Gasteiger partial charge is 0.434 e. The minimum atomic E-state index is -0.283. The van der Waals surface area contributed by atoms with E-state index in [4.69, 9.17) is 16.6 Å². The van der Waals surface area contributed by atoms with Crippen molar-refractivity contribution in [1.82, 2.24) is 15.3 Å². The van der Waals surface area contributed by atoms with E-state index in [0.29, 0.717) is 22.7 Å². The first-order valence-corrected chi connectivity index (χ1v) is 9.48. The third-order valence-electron chi connectivity index (χ3n) is 3.87. The number of oxazole rings is 1. The Morgan fingerprint density at radius 1 is 1.07 bits per heavy atom. The summed E-state index contributed by atoms with van der Waals surface area (Å²) in [4.78, 5) is 20.8. The Kier molecular flexibility index (Phi) is 5.14. The summed E-state index contributed by atoms with van der Waals surface area (Å²) in [5, 5.41) is 5.86. The molecule has 0 saturated carbocycles. The number of thiocarbonyl (C=S) groups is 1. The molecule has 4 rings (SSSR count). The summed E-state index contributed by atoms with van der Waals surface area (Å²) in [5.41, 5.74) is 3.26. The second kappa shape index (κ2) is 7.87. The van der Waals surface area contributed by atoms with Crippen LogP contribution >= 0.6 is 28.1 Å². The number of nitrogens with zero attached hydrogens (tertiary/aromatic N) is 2. The number of carbonyl (C=O) groups excluding carboxylic acids is 1. The highest BCUT2D eigenvalue weighted by molar-refractivity contribution is 9.10. The third kappa shape index (κ3) is 4.08. The number of anilines is 1. The van der Waals surface area contributed by atoms with Gasteiger partial charge in [0.05, 0.1) is 0 Å². The van der Waals surface area contributed by atoms with Crippen LogP contribution in [0, 0.1) is 0 Å². The lowest BCUT2D eigenvalue weighted by Gasteiger charge is -2.10. The lowest BCUT2D eigenvalue weighted by atomic mass is 10.2. The molecule has 0 saturated heterocycles. The number of pyridine rings is 1. The number of carbonyl (C=O) groups is 1. The van der Waals surface area contributed by atoms with E-state index in [1.54, 1.807) is 30.5 Å². The molecule has 1 amide bonds. The predicted molar refractivity (Wildman–Crippen MR) is 115 cm³/mol. The number of hydrogen-bond donors (Lipinski definition) is 2. The van der Waals surface area contributed by atoms with Crippen LogP contribution < -0.4 is 10.6 Å². The van der Waals surface area contributed by atoms with Crippen molar-refractivity contribution in [2.45, 2.75) is 0 Å². The first kappa shape index (κ1) is 18.3. The molecule has 2 heterocycles. The predicted octanol–water partition coefficient (Wildman–Crippen LogP) is 4.78. The van der Waals surface area contributed by atoms with Crippen molar-refractivity contribution in [3.05, 3.63) is 76.9 Å². The van der Waals surface area contributed by atoms with E-state index in [0.717, 1.165) is 15.7 Å². The van der Waals surface area contributed by atoms with Crippen LogP contribution in [0.5, 0.6) is 0 Å². The van der Waals surface area contributed by atoms with Gasteiger partial charge in [-0.3, -0.25) is 10.1 Å². The van der Waals surface area contributed by atoms with Gasteiger partial charge in [0, 0.05) is 27.5 Å². The van der Waals surface area contributed by atoms with Gasteiger partial charge >= 0.3 is 0 Å². The molecule has 138 valence electrons. The fourth-order valence-electron chi connectivity index (χ4n) is 2.56. The molecule has 0 atom stereocenters. The summed E-state index contributed by atoms with van der Waals surface area (Å²) in [6.45, 7) is 0. The molecule has 0 aliphatic carbocycles. The minimum Gasteiger partial charge on any atom is -0.434 e. The third-order valence-corrected chi connectivity index (χ3v) is 4.57. The van der Waals surface area contributed by atoms with E-state index in [9.17, 15) is 4.79 Å². The molecular formula is C20H13BrN4O2S. The molecule has 0 unspecified atom stereocenters. The van der Waals surface area contributed by atoms with E-state index < -0.39 is 0 Å². The van der Waals surface area contributed by atoms with Gasteiger partial charge in [0.1, 0.15) is 0 Å². The quantitative estimate of drug-likeness (QED) is 0.435. The zero-order valence-corrected chi connectivity index (χ0v) is 16.8. The fraction of sp³-hybridized carbons (Fsp3) is 0. The molecule has 28 heavy (non-hydrogen) atoms. The maximum atomic E-state index is 12.2. The molecule has 2 aromatic carbocycles. The summed E-state index contributed by atoms with van der Waals surface area (Å²) in [5.74, 6) is 0.208. The normalized spacial score (nSPS) is 10.6. The Balaban J connectivity index is 1.42. The molecule has 2 aromatic heterocycles. The summed E-state index contributed by atoms with van der Waals surface area (Å²) in [7, 11) is 0. The summed E-state index contributed by atoms with van der Waals surface area (Å²) in [6.07, 6.45) is 1.67. The lowest BCUT2D eigenvalue weighted by molar-refractivity contribution is 0.0977. The molecular weight excluding hydrogens is 440 g/mol. The second-order valence-corrected chi connectivity index (χ2v) is 7.16. The standard InChI is InChI=1S/C20H13BrN4O2S/c21-14-4-1-3-13(11-14)18(26)25-20(28)23-15-8-6-12(7-9-15)19-24-17-16(27-19)5-2-10-22-17/h1-11H,(H2,23,25,26,28). The average Bonchev–Trinajstić information content (AvgIpc) is 3.12. The molecule has 6 nitrogen and oxygen atoms in total. The molecule has 0 radical (unpaired) electrons. The number of nitrogens with one attached hydrogen (secondary N) is 2. The van der Waals surface area contributed by atoms with Gasteiger partial charge in [-0.15, -0.1) is 0 Å². The van der Waals surface area contributed by atoms with Crippen molar-refractivity contribution in [2.75, 3.05) is 5.32 Å². The molecule has 8 heteroatoms. The highest BCUT2D eigenvalue weighted by Gasteiger charge is 2.10. The van der Waals surface area contributed by atoms with Gasteiger partial charge in [-0.25, -0.2) is 4.98 Å². The maximum Gasteiger partial charge on any atom is 0.257 e. The average molecular weight is 453 g/mol. The highest BCUT2D eigenvalue weighted by atomic mass is 79.9. The van der Waals surface area contributed by atoms with Crippen molar-refractivity contribution in [1.29, 1.82) is 0 Å². The Morgan fingerprint density at radius 3 is 2.64 bits per heavy atom. The number of benzene rings is 2. The van der Waals surface area contributed by atoms with Gasteiger partial charge < -0.3 is 9.73 Å². The van der Waals surface area contributed by atoms with Crippen molar-refractivity contribution in [2.24, 2.45) is 0 Å². The first-order chi connectivity index (χ1) is 13.6. The summed E-state index contributed by atoms with van der Waals surface area (Å²) >= 11 is 8.56. The number of halogens is 1. The van der Waals surface area contributed by atoms with E-state index in [-0.39, 0.29) is 11.0 Å². The summed E-state index contributed by atoms with van der Waals surface area (Å²) in [6, 6.07) is 18.1. The Labute approximate surface area is 174 Å². The zero-order chi connectivity index (χ0) is 19.5. The SMILES string of the molecule is O=C(NC(=S)Nc1ccc(-c2nc3ncccc3o2)cc1)c1cccc(Br)c1. The molecule has 0 fully saturated rings. The van der Waals surface area contributed by atoms with Crippen molar-refractivity contribution >= 4 is 56.1 Å². The maximum absolute atomic E-state index is 12.2. The van der Waals surface area contributed by atoms with Crippen LogP contribution in [0.4, 0.5) is 5.69 Å². The van der Waals surface area contributed by atoms with Crippen LogP contribution in [0.25, 0.3) is 22.7 Å². The monoisotopic (exact) mass is 452 g/mol.